The minimum atomic E-state index is -4.97. The minimum Gasteiger partial charge on any atom is -0.366 e. The maximum Gasteiger partial charge on any atom is 0.435 e. The molecule has 8 nitrogen and oxygen atoms in total. The summed E-state index contributed by atoms with van der Waals surface area (Å²) in [5, 5.41) is 3.44. The quantitative estimate of drug-likeness (QED) is 0.247. The Morgan fingerprint density at radius 1 is 0.977 bits per heavy atom. The monoisotopic (exact) mass is 617 g/mol. The van der Waals surface area contributed by atoms with Crippen LogP contribution in [0.15, 0.2) is 60.9 Å². The molecule has 0 radical (unpaired) electrons. The Hall–Kier alpha value is -5.01. The van der Waals surface area contributed by atoms with Gasteiger partial charge in [0.05, 0.1) is 23.4 Å². The van der Waals surface area contributed by atoms with Crippen LogP contribution in [0.25, 0.3) is 11.1 Å². The molecular weight excluding hydrogens is 592 g/mol. The van der Waals surface area contributed by atoms with Crippen molar-refractivity contribution in [3.63, 3.8) is 0 Å². The first-order chi connectivity index (χ1) is 20.6. The van der Waals surface area contributed by atoms with E-state index < -0.39 is 70.5 Å². The zero-order chi connectivity index (χ0) is 32.3. The number of halogens is 6. The van der Waals surface area contributed by atoms with Gasteiger partial charge in [-0.3, -0.25) is 24.0 Å². The molecule has 44 heavy (non-hydrogen) atoms. The van der Waals surface area contributed by atoms with Gasteiger partial charge in [0.15, 0.2) is 11.5 Å². The fourth-order valence-corrected chi connectivity index (χ4v) is 4.78. The smallest absolute Gasteiger partial charge is 0.366 e. The Kier molecular flexibility index (Phi) is 9.21. The van der Waals surface area contributed by atoms with E-state index in [1.807, 2.05) is 0 Å². The fourth-order valence-electron chi connectivity index (χ4n) is 4.78. The molecule has 0 saturated carbocycles. The summed E-state index contributed by atoms with van der Waals surface area (Å²) in [7, 11) is 2.53. The largest absolute Gasteiger partial charge is 0.435 e. The number of pyridine rings is 1. The fraction of sp³-hybridized carbons (Fsp3) is 0.233. The molecule has 2 aromatic carbocycles. The molecule has 0 spiro atoms. The van der Waals surface area contributed by atoms with Gasteiger partial charge in [-0.05, 0) is 47.9 Å². The topological polar surface area (TPSA) is 111 Å². The van der Waals surface area contributed by atoms with E-state index in [1.165, 1.54) is 32.4 Å². The molecule has 2 N–H and O–H groups in total. The molecule has 14 heteroatoms. The van der Waals surface area contributed by atoms with Crippen molar-refractivity contribution in [1.82, 2.24) is 19.7 Å². The van der Waals surface area contributed by atoms with E-state index in [9.17, 15) is 40.7 Å². The van der Waals surface area contributed by atoms with E-state index >= 15 is 0 Å². The van der Waals surface area contributed by atoms with Crippen molar-refractivity contribution in [2.24, 2.45) is 5.73 Å². The molecular formula is C30H25F6N5O3. The predicted molar refractivity (Wildman–Crippen MR) is 146 cm³/mol. The van der Waals surface area contributed by atoms with Gasteiger partial charge in [-0.15, -0.1) is 0 Å². The van der Waals surface area contributed by atoms with E-state index in [0.717, 1.165) is 29.3 Å². The molecule has 2 aromatic heterocycles. The zero-order valence-electron chi connectivity index (χ0n) is 23.3. The molecule has 0 bridgehead atoms. The first kappa shape index (κ1) is 31.9. The lowest BCUT2D eigenvalue weighted by molar-refractivity contribution is -0.142. The van der Waals surface area contributed by atoms with E-state index in [-0.39, 0.29) is 24.1 Å². The lowest BCUT2D eigenvalue weighted by Crippen LogP contribution is -2.24. The summed E-state index contributed by atoms with van der Waals surface area (Å²) in [6.45, 7) is -0.664. The molecule has 0 fully saturated rings. The number of benzene rings is 2. The highest BCUT2D eigenvalue weighted by atomic mass is 19.4. The average molecular weight is 618 g/mol. The number of rotatable bonds is 10. The lowest BCUT2D eigenvalue weighted by atomic mass is 9.86. The highest BCUT2D eigenvalue weighted by molar-refractivity contribution is 5.95. The Morgan fingerprint density at radius 2 is 1.66 bits per heavy atom. The lowest BCUT2D eigenvalue weighted by Gasteiger charge is -2.20. The maximum absolute atomic E-state index is 14.2. The molecule has 2 heterocycles. The SMILES string of the molecule is CN(C)C(=O)c1cn(CC(=O)C[C@@H](Cc2cc(F)cc(F)c2)c2ncccc2-c2ccc(F)c(C(N)=O)c2)nc1C(F)(F)F. The standard InChI is InChI=1S/C30H25F6N5O3/c1-40(2)29(44)24-15-41(39-27(24)30(34,35)36)14-21(42)11-18(8-16-9-19(31)13-20(32)10-16)26-22(4-3-7-38-26)17-5-6-25(33)23(12-17)28(37)43/h3-7,9-10,12-13,15,18H,8,11,14H2,1-2H3,(H2,37,43)/t18-/m1/s1. The second kappa shape index (κ2) is 12.7. The summed E-state index contributed by atoms with van der Waals surface area (Å²) < 4.78 is 83.9. The molecule has 2 amide bonds. The number of carbonyl (C=O) groups is 3. The number of carbonyl (C=O) groups excluding carboxylic acids is 3. The van der Waals surface area contributed by atoms with Gasteiger partial charge in [0.25, 0.3) is 11.8 Å². The highest BCUT2D eigenvalue weighted by Gasteiger charge is 2.39. The van der Waals surface area contributed by atoms with Crippen LogP contribution in [0.3, 0.4) is 0 Å². The molecule has 230 valence electrons. The van der Waals surface area contributed by atoms with Crippen LogP contribution in [0.4, 0.5) is 26.3 Å². The van der Waals surface area contributed by atoms with Gasteiger partial charge >= 0.3 is 6.18 Å². The number of primary amides is 1. The minimum absolute atomic E-state index is 0.133. The van der Waals surface area contributed by atoms with Crippen molar-refractivity contribution in [2.75, 3.05) is 14.1 Å². The zero-order valence-corrected chi connectivity index (χ0v) is 23.3. The summed E-state index contributed by atoms with van der Waals surface area (Å²) in [6.07, 6.45) is -3.27. The van der Waals surface area contributed by atoms with Gasteiger partial charge in [-0.25, -0.2) is 13.2 Å². The molecule has 0 unspecified atom stereocenters. The normalized spacial score (nSPS) is 12.2. The van der Waals surface area contributed by atoms with Gasteiger partial charge in [0.2, 0.25) is 0 Å². The first-order valence-corrected chi connectivity index (χ1v) is 13.0. The van der Waals surface area contributed by atoms with E-state index in [0.29, 0.717) is 21.9 Å². The van der Waals surface area contributed by atoms with E-state index in [2.05, 4.69) is 10.1 Å². The number of hydrogen-bond donors (Lipinski definition) is 1. The highest BCUT2D eigenvalue weighted by Crippen LogP contribution is 2.34. The van der Waals surface area contributed by atoms with Crippen molar-refractivity contribution in [3.8, 4) is 11.1 Å². The summed E-state index contributed by atoms with van der Waals surface area (Å²) >= 11 is 0. The molecule has 0 aliphatic heterocycles. The van der Waals surface area contributed by atoms with Gasteiger partial charge in [-0.2, -0.15) is 18.3 Å². The summed E-state index contributed by atoms with van der Waals surface area (Å²) in [6, 6.07) is 9.49. The molecule has 0 aliphatic carbocycles. The predicted octanol–water partition coefficient (Wildman–Crippen LogP) is 5.17. The third kappa shape index (κ3) is 7.30. The van der Waals surface area contributed by atoms with Crippen LogP contribution in [0.2, 0.25) is 0 Å². The van der Waals surface area contributed by atoms with E-state index in [1.54, 1.807) is 12.1 Å². The van der Waals surface area contributed by atoms with Gasteiger partial charge in [0.1, 0.15) is 17.5 Å². The number of nitrogens with two attached hydrogens (primary N) is 1. The number of ketones is 1. The summed E-state index contributed by atoms with van der Waals surface area (Å²) in [5.41, 5.74) is 3.74. The summed E-state index contributed by atoms with van der Waals surface area (Å²) in [5.74, 6) is -6.13. The average Bonchev–Trinajstić information content (AvgIpc) is 3.36. The van der Waals surface area contributed by atoms with Crippen molar-refractivity contribution in [2.45, 2.75) is 31.5 Å². The number of Topliss-reactive ketones (excluding diaryl/α,β-unsaturated/α-hetero) is 1. The van der Waals surface area contributed by atoms with Crippen molar-refractivity contribution in [3.05, 3.63) is 106 Å². The molecule has 0 aliphatic rings. The molecule has 0 saturated heterocycles. The van der Waals surface area contributed by atoms with Crippen molar-refractivity contribution >= 4 is 17.6 Å². The van der Waals surface area contributed by atoms with Crippen LogP contribution >= 0.6 is 0 Å². The van der Waals surface area contributed by atoms with Crippen LogP contribution in [0, 0.1) is 17.5 Å². The van der Waals surface area contributed by atoms with Gasteiger partial charge in [0, 0.05) is 50.5 Å². The molecule has 4 aromatic rings. The number of hydrogen-bond acceptors (Lipinski definition) is 5. The second-order valence-corrected chi connectivity index (χ2v) is 10.2. The van der Waals surface area contributed by atoms with Crippen LogP contribution in [-0.4, -0.2) is 51.4 Å². The Balaban J connectivity index is 1.74. The van der Waals surface area contributed by atoms with Crippen LogP contribution in [0.5, 0.6) is 0 Å². The van der Waals surface area contributed by atoms with Crippen molar-refractivity contribution in [1.29, 1.82) is 0 Å². The number of amides is 2. The van der Waals surface area contributed by atoms with Gasteiger partial charge < -0.3 is 10.6 Å². The third-order valence-corrected chi connectivity index (χ3v) is 6.65. The van der Waals surface area contributed by atoms with E-state index in [4.69, 9.17) is 5.73 Å². The molecule has 4 rings (SSSR count). The molecule has 1 atom stereocenters. The third-order valence-electron chi connectivity index (χ3n) is 6.65. The second-order valence-electron chi connectivity index (χ2n) is 10.2. The number of alkyl halides is 3. The Bertz CT molecular complexity index is 1710. The van der Waals surface area contributed by atoms with Crippen LogP contribution < -0.4 is 5.73 Å². The summed E-state index contributed by atoms with van der Waals surface area (Å²) in [4.78, 5) is 42.7. The number of aromatic nitrogens is 3. The first-order valence-electron chi connectivity index (χ1n) is 13.0. The van der Waals surface area contributed by atoms with Crippen LogP contribution in [-0.2, 0) is 23.9 Å². The van der Waals surface area contributed by atoms with Crippen LogP contribution in [0.1, 0.15) is 50.0 Å². The van der Waals surface area contributed by atoms with Crippen molar-refractivity contribution < 1.29 is 40.7 Å². The Labute approximate surface area is 247 Å². The Morgan fingerprint density at radius 3 is 2.27 bits per heavy atom. The van der Waals surface area contributed by atoms with Gasteiger partial charge in [-0.1, -0.05) is 12.1 Å². The number of nitrogens with zero attached hydrogens (tertiary/aromatic N) is 4. The maximum atomic E-state index is 14.2.